The van der Waals surface area contributed by atoms with E-state index in [1.165, 1.54) is 32.5 Å². The molecule has 4 aromatic rings. The van der Waals surface area contributed by atoms with Gasteiger partial charge in [-0.05, 0) is 36.4 Å². The summed E-state index contributed by atoms with van der Waals surface area (Å²) >= 11 is 0. The second-order valence-electron chi connectivity index (χ2n) is 7.51. The summed E-state index contributed by atoms with van der Waals surface area (Å²) < 4.78 is 28.1. The van der Waals surface area contributed by atoms with Crippen LogP contribution in [-0.2, 0) is 6.54 Å². The van der Waals surface area contributed by atoms with E-state index >= 15 is 0 Å². The van der Waals surface area contributed by atoms with Crippen LogP contribution < -0.4 is 19.6 Å². The largest absolute Gasteiger partial charge is 0.493 e. The average Bonchev–Trinajstić information content (AvgIpc) is 3.45. The number of ether oxygens (including phenoxy) is 3. The van der Waals surface area contributed by atoms with Crippen molar-refractivity contribution in [2.24, 2.45) is 0 Å². The van der Waals surface area contributed by atoms with Crippen LogP contribution in [0.2, 0.25) is 0 Å². The number of rotatable bonds is 6. The average molecular weight is 447 g/mol. The zero-order valence-electron chi connectivity index (χ0n) is 18.3. The molecule has 0 N–H and O–H groups in total. The van der Waals surface area contributed by atoms with Gasteiger partial charge in [0.05, 0.1) is 51.1 Å². The van der Waals surface area contributed by atoms with E-state index < -0.39 is 11.9 Å². The number of amides is 1. The molecule has 1 aliphatic rings. The van der Waals surface area contributed by atoms with Crippen molar-refractivity contribution in [2.45, 2.75) is 12.6 Å². The van der Waals surface area contributed by atoms with E-state index in [2.05, 4.69) is 0 Å². The summed E-state index contributed by atoms with van der Waals surface area (Å²) in [6, 6.07) is 13.1. The minimum absolute atomic E-state index is 0.00657. The Balaban J connectivity index is 1.80. The molecule has 0 saturated heterocycles. The molecule has 2 aromatic heterocycles. The van der Waals surface area contributed by atoms with Crippen molar-refractivity contribution < 1.29 is 27.8 Å². The number of carbonyl (C=O) groups excluding carboxylic acids is 1. The fourth-order valence-electron chi connectivity index (χ4n) is 4.36. The van der Waals surface area contributed by atoms with Crippen molar-refractivity contribution in [3.05, 3.63) is 87.7 Å². The molecule has 0 radical (unpaired) electrons. The molecular formula is C25H21NO7. The molecule has 0 fully saturated rings. The van der Waals surface area contributed by atoms with Crippen molar-refractivity contribution in [1.29, 1.82) is 0 Å². The standard InChI is InChI=1S/C25H21NO7/c1-29-18-11-10-16(22(30-2)23(18)31-3)20-19-21(27)15-8-4-5-9-17(15)33-24(19)25(28)26(20)13-14-7-6-12-32-14/h4-12,20H,13H2,1-3H3. The highest BCUT2D eigenvalue weighted by Crippen LogP contribution is 2.48. The maximum absolute atomic E-state index is 13.6. The molecule has 8 nitrogen and oxygen atoms in total. The summed E-state index contributed by atoms with van der Waals surface area (Å²) in [6.07, 6.45) is 1.53. The molecular weight excluding hydrogens is 426 g/mol. The molecule has 0 spiro atoms. The first-order valence-electron chi connectivity index (χ1n) is 10.3. The monoisotopic (exact) mass is 447 g/mol. The van der Waals surface area contributed by atoms with Crippen LogP contribution in [0, 0.1) is 0 Å². The molecule has 1 unspecified atom stereocenters. The highest BCUT2D eigenvalue weighted by molar-refractivity contribution is 5.99. The predicted octanol–water partition coefficient (Wildman–Crippen LogP) is 4.16. The second kappa shape index (κ2) is 8.05. The summed E-state index contributed by atoms with van der Waals surface area (Å²) in [7, 11) is 4.52. The number of carbonyl (C=O) groups is 1. The molecule has 2 aromatic carbocycles. The van der Waals surface area contributed by atoms with Crippen molar-refractivity contribution in [3.63, 3.8) is 0 Å². The van der Waals surface area contributed by atoms with Crippen molar-refractivity contribution in [1.82, 2.24) is 4.90 Å². The predicted molar refractivity (Wildman–Crippen MR) is 119 cm³/mol. The molecule has 1 amide bonds. The van der Waals surface area contributed by atoms with Crippen LogP contribution in [0.25, 0.3) is 11.0 Å². The molecule has 1 aliphatic heterocycles. The molecule has 33 heavy (non-hydrogen) atoms. The number of hydrogen-bond donors (Lipinski definition) is 0. The van der Waals surface area contributed by atoms with Gasteiger partial charge < -0.3 is 27.9 Å². The maximum atomic E-state index is 13.6. The van der Waals surface area contributed by atoms with Gasteiger partial charge in [-0.2, -0.15) is 0 Å². The summed E-state index contributed by atoms with van der Waals surface area (Å²) in [5.41, 5.74) is 0.892. The number of para-hydroxylation sites is 1. The first-order valence-corrected chi connectivity index (χ1v) is 10.3. The Bertz CT molecular complexity index is 1400. The summed E-state index contributed by atoms with van der Waals surface area (Å²) in [5, 5.41) is 0.397. The van der Waals surface area contributed by atoms with Gasteiger partial charge in [0.15, 0.2) is 16.9 Å². The Hall–Kier alpha value is -4.20. The van der Waals surface area contributed by atoms with Crippen LogP contribution in [0.15, 0.2) is 68.4 Å². The zero-order chi connectivity index (χ0) is 23.1. The number of hydrogen-bond acceptors (Lipinski definition) is 7. The van der Waals surface area contributed by atoms with Gasteiger partial charge >= 0.3 is 0 Å². The first kappa shape index (κ1) is 20.7. The minimum Gasteiger partial charge on any atom is -0.493 e. The maximum Gasteiger partial charge on any atom is 0.291 e. The van der Waals surface area contributed by atoms with E-state index in [1.54, 1.807) is 48.5 Å². The fraction of sp³-hybridized carbons (Fsp3) is 0.200. The lowest BCUT2D eigenvalue weighted by molar-refractivity contribution is 0.0699. The quantitative estimate of drug-likeness (QED) is 0.438. The number of furan rings is 1. The molecule has 0 aliphatic carbocycles. The van der Waals surface area contributed by atoms with E-state index in [0.29, 0.717) is 39.5 Å². The van der Waals surface area contributed by atoms with Crippen LogP contribution in [0.3, 0.4) is 0 Å². The summed E-state index contributed by atoms with van der Waals surface area (Å²) in [4.78, 5) is 28.7. The van der Waals surface area contributed by atoms with Gasteiger partial charge in [0.25, 0.3) is 5.91 Å². The Morgan fingerprint density at radius 2 is 1.70 bits per heavy atom. The number of methoxy groups -OCH3 is 3. The smallest absolute Gasteiger partial charge is 0.291 e. The van der Waals surface area contributed by atoms with E-state index in [-0.39, 0.29) is 23.3 Å². The van der Waals surface area contributed by atoms with Crippen LogP contribution in [0.4, 0.5) is 0 Å². The Morgan fingerprint density at radius 1 is 0.909 bits per heavy atom. The van der Waals surface area contributed by atoms with Gasteiger partial charge in [0.1, 0.15) is 11.3 Å². The first-order chi connectivity index (χ1) is 16.1. The Labute approximate surface area is 188 Å². The van der Waals surface area contributed by atoms with Crippen LogP contribution >= 0.6 is 0 Å². The highest BCUT2D eigenvalue weighted by Gasteiger charge is 2.44. The lowest BCUT2D eigenvalue weighted by Gasteiger charge is -2.26. The number of fused-ring (bicyclic) bond motifs is 2. The van der Waals surface area contributed by atoms with E-state index in [9.17, 15) is 9.59 Å². The van der Waals surface area contributed by atoms with Crippen molar-refractivity contribution >= 4 is 16.9 Å². The van der Waals surface area contributed by atoms with Gasteiger partial charge in [0.2, 0.25) is 11.5 Å². The normalized spacial score (nSPS) is 15.1. The zero-order valence-corrected chi connectivity index (χ0v) is 18.3. The molecule has 3 heterocycles. The van der Waals surface area contributed by atoms with Crippen LogP contribution in [-0.4, -0.2) is 32.1 Å². The van der Waals surface area contributed by atoms with Crippen molar-refractivity contribution in [2.75, 3.05) is 21.3 Å². The molecule has 0 bridgehead atoms. The minimum atomic E-state index is -0.784. The van der Waals surface area contributed by atoms with Gasteiger partial charge in [-0.3, -0.25) is 9.59 Å². The van der Waals surface area contributed by atoms with Crippen molar-refractivity contribution in [3.8, 4) is 17.2 Å². The fourth-order valence-corrected chi connectivity index (χ4v) is 4.36. The third-order valence-corrected chi connectivity index (χ3v) is 5.81. The molecule has 8 heteroatoms. The summed E-state index contributed by atoms with van der Waals surface area (Å²) in [6.45, 7) is 0.133. The Kier molecular flexibility index (Phi) is 5.05. The Morgan fingerprint density at radius 3 is 2.39 bits per heavy atom. The van der Waals surface area contributed by atoms with Gasteiger partial charge in [0, 0.05) is 5.56 Å². The lowest BCUT2D eigenvalue weighted by atomic mass is 9.97. The van der Waals surface area contributed by atoms with E-state index in [4.69, 9.17) is 23.0 Å². The van der Waals surface area contributed by atoms with Gasteiger partial charge in [-0.25, -0.2) is 0 Å². The lowest BCUT2D eigenvalue weighted by Crippen LogP contribution is -2.29. The SMILES string of the molecule is COc1ccc(C2c3c(oc4ccccc4c3=O)C(=O)N2Cc2ccco2)c(OC)c1OC. The molecule has 1 atom stereocenters. The van der Waals surface area contributed by atoms with Crippen LogP contribution in [0.5, 0.6) is 17.2 Å². The van der Waals surface area contributed by atoms with Crippen LogP contribution in [0.1, 0.15) is 33.5 Å². The van der Waals surface area contributed by atoms with Gasteiger partial charge in [-0.1, -0.05) is 12.1 Å². The second-order valence-corrected chi connectivity index (χ2v) is 7.51. The summed E-state index contributed by atoms with van der Waals surface area (Å²) in [5.74, 6) is 1.35. The topological polar surface area (TPSA) is 91.4 Å². The van der Waals surface area contributed by atoms with E-state index in [0.717, 1.165) is 0 Å². The molecule has 5 rings (SSSR count). The van der Waals surface area contributed by atoms with E-state index in [1.807, 2.05) is 0 Å². The molecule has 168 valence electrons. The number of nitrogens with zero attached hydrogens (tertiary/aromatic N) is 1. The van der Waals surface area contributed by atoms with Gasteiger partial charge in [-0.15, -0.1) is 0 Å². The third-order valence-electron chi connectivity index (χ3n) is 5.81. The number of benzene rings is 2. The third kappa shape index (κ3) is 3.14. The molecule has 0 saturated carbocycles. The highest BCUT2D eigenvalue weighted by atomic mass is 16.5.